The summed E-state index contributed by atoms with van der Waals surface area (Å²) in [6, 6.07) is 71.7. The number of hydrogen-bond donors (Lipinski definition) is 0. The van der Waals surface area contributed by atoms with E-state index in [9.17, 15) is 8.78 Å². The highest BCUT2D eigenvalue weighted by Crippen LogP contribution is 2.50. The molecule has 1 nitrogen and oxygen atoms in total. The van der Waals surface area contributed by atoms with Gasteiger partial charge in [-0.05, 0) is 322 Å². The van der Waals surface area contributed by atoms with Crippen LogP contribution in [0.25, 0.3) is 64.6 Å². The lowest BCUT2D eigenvalue weighted by molar-refractivity contribution is -0.0381. The average Bonchev–Trinajstić information content (AvgIpc) is 0.874. The molecule has 0 atom stereocenters. The first-order valence-corrected chi connectivity index (χ1v) is 51.8. The Bertz CT molecular complexity index is 5590. The van der Waals surface area contributed by atoms with Crippen LogP contribution in [0.4, 0.5) is 8.78 Å². The number of rotatable bonds is 9. The van der Waals surface area contributed by atoms with Gasteiger partial charge in [0.25, 0.3) is 0 Å². The zero-order valence-electron chi connectivity index (χ0n) is 84.4. The van der Waals surface area contributed by atoms with E-state index >= 15 is 0 Å². The summed E-state index contributed by atoms with van der Waals surface area (Å²) in [5.41, 5.74) is 25.0. The summed E-state index contributed by atoms with van der Waals surface area (Å²) in [5, 5.41) is 18.5. The van der Waals surface area contributed by atoms with Crippen molar-refractivity contribution in [1.29, 1.82) is 0 Å². The SMILES string of the molecule is CC[Si](CC)(CC)c1cc(C(C)(C)C)c(C)c2ccccc12.COc1cc(C(C)(C)C)c(C)c2ccccc12.Cc1c(C(C)(C)C)cc(C2CCC(C)(C)CC2)c2ccccc12.Cc1c(C(C)(C)C)cc(C2CCC(F)(F)CC2)c2ccccc12.Cc1c(C(C)(C)C)cc(C2CCCC2)c2ccccc12.Cc1c(C(C)(C)C)cc(C2CCCCC2)c2ccccc12. The van der Waals surface area contributed by atoms with Gasteiger partial charge in [0, 0.05) is 18.2 Å². The molecule has 4 aliphatic rings. The van der Waals surface area contributed by atoms with Gasteiger partial charge in [-0.25, -0.2) is 8.78 Å². The van der Waals surface area contributed by atoms with Crippen molar-refractivity contribution in [2.24, 2.45) is 5.41 Å². The maximum Gasteiger partial charge on any atom is 0.248 e. The fourth-order valence-electron chi connectivity index (χ4n) is 22.9. The van der Waals surface area contributed by atoms with E-state index in [1.54, 1.807) is 29.0 Å². The van der Waals surface area contributed by atoms with Crippen LogP contribution in [0, 0.1) is 47.0 Å². The lowest BCUT2D eigenvalue weighted by atomic mass is 9.69. The van der Waals surface area contributed by atoms with Crippen LogP contribution in [0.3, 0.4) is 0 Å². The second-order valence-corrected chi connectivity index (χ2v) is 51.1. The molecule has 126 heavy (non-hydrogen) atoms. The molecule has 0 aliphatic heterocycles. The van der Waals surface area contributed by atoms with Crippen LogP contribution in [0.5, 0.6) is 5.75 Å². The Balaban J connectivity index is 0.000000147. The van der Waals surface area contributed by atoms with E-state index in [-0.39, 0.29) is 51.2 Å². The van der Waals surface area contributed by atoms with E-state index in [1.165, 1.54) is 239 Å². The summed E-state index contributed by atoms with van der Waals surface area (Å²) < 4.78 is 32.6. The molecular formula is C122H164F2OSi. The molecule has 0 heterocycles. The molecule has 12 aromatic carbocycles. The molecule has 0 amide bonds. The van der Waals surface area contributed by atoms with Crippen LogP contribution in [0.1, 0.15) is 381 Å². The fraction of sp³-hybridized carbons (Fsp3) is 0.508. The zero-order chi connectivity index (χ0) is 92.2. The lowest BCUT2D eigenvalue weighted by Gasteiger charge is -2.36. The number of halogens is 2. The summed E-state index contributed by atoms with van der Waals surface area (Å²) >= 11 is 0. The molecule has 0 bridgehead atoms. The van der Waals surface area contributed by atoms with Crippen LogP contribution < -0.4 is 9.92 Å². The van der Waals surface area contributed by atoms with E-state index in [0.29, 0.717) is 18.3 Å². The van der Waals surface area contributed by atoms with E-state index in [1.807, 2.05) is 0 Å². The molecule has 4 aliphatic carbocycles. The molecule has 0 spiro atoms. The predicted octanol–water partition coefficient (Wildman–Crippen LogP) is 37.1. The van der Waals surface area contributed by atoms with Crippen molar-refractivity contribution in [2.45, 2.75) is 390 Å². The minimum atomic E-state index is -2.47. The van der Waals surface area contributed by atoms with Crippen molar-refractivity contribution >= 4 is 77.9 Å². The smallest absolute Gasteiger partial charge is 0.248 e. The molecule has 4 heteroatoms. The molecule has 0 N–H and O–H groups in total. The Morgan fingerprint density at radius 3 is 0.770 bits per heavy atom. The van der Waals surface area contributed by atoms with Crippen molar-refractivity contribution in [2.75, 3.05) is 7.11 Å². The van der Waals surface area contributed by atoms with Crippen molar-refractivity contribution in [1.82, 2.24) is 0 Å². The molecule has 0 saturated heterocycles. The Labute approximate surface area is 765 Å². The third-order valence-corrected chi connectivity index (χ3v) is 36.0. The topological polar surface area (TPSA) is 9.23 Å². The minimum absolute atomic E-state index is 0.0186. The van der Waals surface area contributed by atoms with Gasteiger partial charge in [-0.3, -0.25) is 0 Å². The standard InChI is InChI=1S/C23H32.C21H26F2.C21H32Si.C21H28.C20H26.C16H20O/c1-16-18-9-7-8-10-19(18)20(15-21(16)22(2,3)4)17-11-13-23(5,6)14-12-17;1-14-16-7-5-6-8-17(16)18(13-19(14)20(2,3)4)15-9-11-21(22,23)12-10-15;1-8-22(9-2,10-3)20-15-19(21(5,6)7)16(4)17-13-11-12-14-18(17)20;1-15-17-12-8-9-13-18(17)19(14-20(15)21(2,3)4)16-10-6-5-7-11-16;1-14-16-11-7-8-12-17(16)18(15-9-5-6-10-15)13-19(14)20(2,3)4;1-11-12-8-6-7-9-13(12)15(17-5)10-14(11)16(2,3)4/h7-10,15,17H,11-14H2,1-6H3;5-8,13,15H,9-12H2,1-4H3;11-15H,8-10H2,1-7H3;8-9,12-14,16H,5-7,10-11H2,1-4H3;7-8,11-13,15H,5-6,9-10H2,1-4H3;6-10H,1-5H3. The second-order valence-electron chi connectivity index (χ2n) is 45.9. The van der Waals surface area contributed by atoms with E-state index in [2.05, 4.69) is 383 Å². The van der Waals surface area contributed by atoms with E-state index in [0.717, 1.165) is 23.5 Å². The van der Waals surface area contributed by atoms with Crippen LogP contribution in [0.15, 0.2) is 182 Å². The normalized spacial score (nSPS) is 16.4. The number of methoxy groups -OCH3 is 1. The second kappa shape index (κ2) is 39.8. The molecule has 0 radical (unpaired) electrons. The number of benzene rings is 12. The summed E-state index contributed by atoms with van der Waals surface area (Å²) in [7, 11) is 0.349. The van der Waals surface area contributed by atoms with Crippen molar-refractivity contribution in [3.63, 3.8) is 0 Å². The molecule has 4 saturated carbocycles. The number of hydrogen-bond acceptors (Lipinski definition) is 1. The van der Waals surface area contributed by atoms with Gasteiger partial charge in [0.2, 0.25) is 5.92 Å². The first-order valence-electron chi connectivity index (χ1n) is 49.2. The molecule has 0 unspecified atom stereocenters. The monoisotopic (exact) mass is 1710 g/mol. The summed E-state index contributed by atoms with van der Waals surface area (Å²) in [6.45, 7) is 67.2. The van der Waals surface area contributed by atoms with Gasteiger partial charge in [-0.2, -0.15) is 0 Å². The molecule has 0 aromatic heterocycles. The quantitative estimate of drug-likeness (QED) is 0.131. The number of aryl methyl sites for hydroxylation is 6. The highest BCUT2D eigenvalue weighted by molar-refractivity contribution is 6.93. The van der Waals surface area contributed by atoms with Gasteiger partial charge >= 0.3 is 0 Å². The molecule has 676 valence electrons. The molecule has 4 fully saturated rings. The third kappa shape index (κ3) is 22.4. The summed E-state index contributed by atoms with van der Waals surface area (Å²) in [6.07, 6.45) is 19.1. The predicted molar refractivity (Wildman–Crippen MR) is 556 cm³/mol. The minimum Gasteiger partial charge on any atom is -0.496 e. The van der Waals surface area contributed by atoms with Gasteiger partial charge in [0.05, 0.1) is 15.2 Å². The highest BCUT2D eigenvalue weighted by Gasteiger charge is 2.39. The van der Waals surface area contributed by atoms with Crippen LogP contribution in [-0.2, 0) is 32.5 Å². The first-order chi connectivity index (χ1) is 59.1. The Morgan fingerprint density at radius 1 is 0.286 bits per heavy atom. The van der Waals surface area contributed by atoms with Gasteiger partial charge in [-0.15, -0.1) is 0 Å². The van der Waals surface area contributed by atoms with Gasteiger partial charge < -0.3 is 4.74 Å². The van der Waals surface area contributed by atoms with Crippen molar-refractivity contribution in [3.05, 3.63) is 271 Å². The summed E-state index contributed by atoms with van der Waals surface area (Å²) in [4.78, 5) is 0. The number of alkyl halides is 2. The van der Waals surface area contributed by atoms with Gasteiger partial charge in [0.15, 0.2) is 0 Å². The Hall–Kier alpha value is -7.92. The van der Waals surface area contributed by atoms with Gasteiger partial charge in [-0.1, -0.05) is 391 Å². The maximum atomic E-state index is 13.5. The summed E-state index contributed by atoms with van der Waals surface area (Å²) in [5.74, 6) is 1.03. The lowest BCUT2D eigenvalue weighted by Crippen LogP contribution is -2.46. The van der Waals surface area contributed by atoms with E-state index in [4.69, 9.17) is 4.74 Å². The average molecular weight is 1710 g/mol. The van der Waals surface area contributed by atoms with Gasteiger partial charge in [0.1, 0.15) is 5.75 Å². The largest absolute Gasteiger partial charge is 0.496 e. The number of fused-ring (bicyclic) bond motifs is 6. The van der Waals surface area contributed by atoms with Crippen molar-refractivity contribution in [3.8, 4) is 5.75 Å². The Kier molecular flexibility index (Phi) is 31.2. The Morgan fingerprint density at radius 2 is 0.500 bits per heavy atom. The van der Waals surface area contributed by atoms with Crippen LogP contribution in [-0.4, -0.2) is 21.1 Å². The molecular weight excluding hydrogens is 1550 g/mol. The van der Waals surface area contributed by atoms with Crippen LogP contribution >= 0.6 is 0 Å². The van der Waals surface area contributed by atoms with Crippen molar-refractivity contribution < 1.29 is 13.5 Å². The zero-order valence-corrected chi connectivity index (χ0v) is 85.4. The maximum absolute atomic E-state index is 13.5. The van der Waals surface area contributed by atoms with Crippen LogP contribution in [0.2, 0.25) is 18.1 Å². The first kappa shape index (κ1) is 98.7. The molecule has 12 aromatic rings. The van der Waals surface area contributed by atoms with E-state index < -0.39 is 14.0 Å². The fourth-order valence-corrected chi connectivity index (χ4v) is 26.7. The molecule has 16 rings (SSSR count). The highest BCUT2D eigenvalue weighted by atomic mass is 28.3. The number of ether oxygens (including phenoxy) is 1. The third-order valence-electron chi connectivity index (χ3n) is 30.4.